The molecule has 1 aliphatic rings. The van der Waals surface area contributed by atoms with Crippen LogP contribution in [0.1, 0.15) is 23.1 Å². The summed E-state index contributed by atoms with van der Waals surface area (Å²) in [5, 5.41) is 11.2. The number of Topliss-reactive ketones (excluding diaryl/α,β-unsaturated/α-hetero) is 1. The predicted molar refractivity (Wildman–Crippen MR) is 113 cm³/mol. The lowest BCUT2D eigenvalue weighted by molar-refractivity contribution is -0.132. The monoisotopic (exact) mass is 459 g/mol. The van der Waals surface area contributed by atoms with Crippen LogP contribution in [0.25, 0.3) is 5.76 Å². The average molecular weight is 460 g/mol. The van der Waals surface area contributed by atoms with E-state index in [1.807, 2.05) is 0 Å². The van der Waals surface area contributed by atoms with E-state index in [4.69, 9.17) is 20.8 Å². The number of halogens is 3. The maximum absolute atomic E-state index is 13.9. The number of carbonyl (C=O) groups excluding carboxylic acids is 2. The molecule has 1 unspecified atom stereocenters. The van der Waals surface area contributed by atoms with Crippen molar-refractivity contribution in [2.75, 3.05) is 12.0 Å². The zero-order chi connectivity index (χ0) is 23.2. The molecular weight excluding hydrogens is 444 g/mol. The van der Waals surface area contributed by atoms with Gasteiger partial charge in [0, 0.05) is 17.3 Å². The van der Waals surface area contributed by atoms with E-state index in [2.05, 4.69) is 0 Å². The highest BCUT2D eigenvalue weighted by atomic mass is 35.5. The van der Waals surface area contributed by atoms with E-state index in [-0.39, 0.29) is 27.6 Å². The van der Waals surface area contributed by atoms with Gasteiger partial charge in [-0.15, -0.1) is 0 Å². The Bertz CT molecular complexity index is 1280. The van der Waals surface area contributed by atoms with Crippen LogP contribution in [0.4, 0.5) is 14.5 Å². The first kappa shape index (κ1) is 21.6. The molecule has 3 aromatic rings. The molecule has 164 valence electrons. The smallest absolute Gasteiger partial charge is 0.300 e. The average Bonchev–Trinajstić information content (AvgIpc) is 3.30. The molecule has 1 N–H and O–H groups in total. The molecule has 0 radical (unpaired) electrons. The highest BCUT2D eigenvalue weighted by molar-refractivity contribution is 6.51. The third-order valence-electron chi connectivity index (χ3n) is 5.08. The van der Waals surface area contributed by atoms with E-state index in [0.29, 0.717) is 11.5 Å². The number of aliphatic hydroxyl groups is 1. The van der Waals surface area contributed by atoms with E-state index in [0.717, 1.165) is 23.1 Å². The van der Waals surface area contributed by atoms with Crippen molar-refractivity contribution in [2.24, 2.45) is 0 Å². The Morgan fingerprint density at radius 2 is 1.84 bits per heavy atom. The minimum Gasteiger partial charge on any atom is -0.507 e. The van der Waals surface area contributed by atoms with Gasteiger partial charge in [0.25, 0.3) is 11.7 Å². The minimum absolute atomic E-state index is 0.0723. The van der Waals surface area contributed by atoms with Crippen LogP contribution >= 0.6 is 11.6 Å². The van der Waals surface area contributed by atoms with Crippen LogP contribution in [0.5, 0.6) is 5.75 Å². The van der Waals surface area contributed by atoms with Crippen molar-refractivity contribution in [3.63, 3.8) is 0 Å². The summed E-state index contributed by atoms with van der Waals surface area (Å²) >= 11 is 6.14. The van der Waals surface area contributed by atoms with E-state index >= 15 is 0 Å². The van der Waals surface area contributed by atoms with Crippen LogP contribution < -0.4 is 9.64 Å². The summed E-state index contributed by atoms with van der Waals surface area (Å²) in [4.78, 5) is 26.9. The Kier molecular flexibility index (Phi) is 5.48. The van der Waals surface area contributed by atoms with Crippen molar-refractivity contribution in [1.82, 2.24) is 0 Å². The van der Waals surface area contributed by atoms with E-state index in [1.54, 1.807) is 13.0 Å². The van der Waals surface area contributed by atoms with Crippen molar-refractivity contribution in [1.29, 1.82) is 0 Å². The molecule has 1 saturated heterocycles. The lowest BCUT2D eigenvalue weighted by Crippen LogP contribution is -2.29. The molecule has 0 bridgehead atoms. The number of ether oxygens (including phenoxy) is 1. The van der Waals surface area contributed by atoms with Gasteiger partial charge in [0.15, 0.2) is 11.6 Å². The molecule has 0 spiro atoms. The van der Waals surface area contributed by atoms with Crippen LogP contribution in [0, 0.1) is 18.6 Å². The zero-order valence-corrected chi connectivity index (χ0v) is 17.6. The Hall–Kier alpha value is -3.65. The summed E-state index contributed by atoms with van der Waals surface area (Å²) in [6, 6.07) is 9.09. The molecule has 1 fully saturated rings. The van der Waals surface area contributed by atoms with Gasteiger partial charge in [-0.2, -0.15) is 0 Å². The van der Waals surface area contributed by atoms with Crippen LogP contribution in [0.15, 0.2) is 58.5 Å². The van der Waals surface area contributed by atoms with Gasteiger partial charge in [-0.1, -0.05) is 11.6 Å². The standard InChI is InChI=1S/C23H16ClF2NO5/c1-11-3-7-18(32-11)20-19(21(28)12-4-8-17(31-2)14(24)9-12)22(29)23(30)27(20)13-5-6-15(25)16(26)10-13/h3-10,20,28H,1-2H3/b21-19-. The Morgan fingerprint density at radius 1 is 1.09 bits per heavy atom. The highest BCUT2D eigenvalue weighted by Crippen LogP contribution is 2.43. The van der Waals surface area contributed by atoms with Crippen molar-refractivity contribution >= 4 is 34.7 Å². The maximum Gasteiger partial charge on any atom is 0.300 e. The molecule has 9 heteroatoms. The number of hydrogen-bond acceptors (Lipinski definition) is 5. The lowest BCUT2D eigenvalue weighted by Gasteiger charge is -2.23. The lowest BCUT2D eigenvalue weighted by atomic mass is 9.99. The molecule has 0 saturated carbocycles. The highest BCUT2D eigenvalue weighted by Gasteiger charge is 2.48. The fraction of sp³-hybridized carbons (Fsp3) is 0.130. The molecule has 4 rings (SSSR count). The van der Waals surface area contributed by atoms with Crippen molar-refractivity contribution in [3.8, 4) is 5.75 Å². The van der Waals surface area contributed by atoms with Crippen LogP contribution in [0.2, 0.25) is 5.02 Å². The van der Waals surface area contributed by atoms with Gasteiger partial charge in [0.05, 0.1) is 17.7 Å². The Labute approximate surface area is 186 Å². The summed E-state index contributed by atoms with van der Waals surface area (Å²) in [7, 11) is 1.42. The quantitative estimate of drug-likeness (QED) is 0.331. The van der Waals surface area contributed by atoms with E-state index < -0.39 is 35.1 Å². The molecule has 0 aliphatic carbocycles. The van der Waals surface area contributed by atoms with Crippen molar-refractivity contribution < 1.29 is 32.6 Å². The fourth-order valence-electron chi connectivity index (χ4n) is 3.57. The topological polar surface area (TPSA) is 80.0 Å². The van der Waals surface area contributed by atoms with Crippen LogP contribution in [0.3, 0.4) is 0 Å². The molecule has 1 aliphatic heterocycles. The van der Waals surface area contributed by atoms with Gasteiger partial charge < -0.3 is 14.3 Å². The summed E-state index contributed by atoms with van der Waals surface area (Å²) in [6.07, 6.45) is 0. The molecule has 6 nitrogen and oxygen atoms in total. The molecule has 32 heavy (non-hydrogen) atoms. The third kappa shape index (κ3) is 3.52. The molecule has 1 amide bonds. The second kappa shape index (κ2) is 8.12. The third-order valence-corrected chi connectivity index (χ3v) is 5.38. The van der Waals surface area contributed by atoms with Gasteiger partial charge in [0.1, 0.15) is 29.1 Å². The summed E-state index contributed by atoms with van der Waals surface area (Å²) < 4.78 is 38.1. The number of amides is 1. The molecule has 2 aromatic carbocycles. The van der Waals surface area contributed by atoms with Crippen molar-refractivity contribution in [3.05, 3.63) is 87.8 Å². The number of anilines is 1. The zero-order valence-electron chi connectivity index (χ0n) is 16.9. The molecule has 2 heterocycles. The first-order chi connectivity index (χ1) is 15.2. The number of aliphatic hydroxyl groups excluding tert-OH is 1. The number of aryl methyl sites for hydroxylation is 1. The van der Waals surface area contributed by atoms with Gasteiger partial charge in [-0.05, 0) is 49.4 Å². The van der Waals surface area contributed by atoms with Crippen LogP contribution in [-0.2, 0) is 9.59 Å². The second-order valence-electron chi connectivity index (χ2n) is 7.07. The molecule has 1 aromatic heterocycles. The molecule has 1 atom stereocenters. The minimum atomic E-state index is -1.21. The first-order valence-corrected chi connectivity index (χ1v) is 9.77. The molecular formula is C23H16ClF2NO5. The number of methoxy groups -OCH3 is 1. The number of furan rings is 1. The summed E-state index contributed by atoms with van der Waals surface area (Å²) in [6.45, 7) is 1.66. The largest absolute Gasteiger partial charge is 0.507 e. The summed E-state index contributed by atoms with van der Waals surface area (Å²) in [5.74, 6) is -3.85. The van der Waals surface area contributed by atoms with E-state index in [1.165, 1.54) is 31.4 Å². The second-order valence-corrected chi connectivity index (χ2v) is 7.47. The Balaban J connectivity index is 1.93. The number of nitrogens with zero attached hydrogens (tertiary/aromatic N) is 1. The summed E-state index contributed by atoms with van der Waals surface area (Å²) in [5.41, 5.74) is -0.195. The number of hydrogen-bond donors (Lipinski definition) is 1. The Morgan fingerprint density at radius 3 is 2.44 bits per heavy atom. The number of benzene rings is 2. The van der Waals surface area contributed by atoms with Crippen molar-refractivity contribution in [2.45, 2.75) is 13.0 Å². The fourth-order valence-corrected chi connectivity index (χ4v) is 3.83. The van der Waals surface area contributed by atoms with Gasteiger partial charge >= 0.3 is 0 Å². The number of ketones is 1. The SMILES string of the molecule is COc1ccc(/C(O)=C2/C(=O)C(=O)N(c3ccc(F)c(F)c3)C2c2ccc(C)o2)cc1Cl. The predicted octanol–water partition coefficient (Wildman–Crippen LogP) is 5.15. The van der Waals surface area contributed by atoms with Crippen LogP contribution in [-0.4, -0.2) is 23.9 Å². The van der Waals surface area contributed by atoms with Gasteiger partial charge in [-0.25, -0.2) is 8.78 Å². The number of rotatable bonds is 4. The van der Waals surface area contributed by atoms with Gasteiger partial charge in [-0.3, -0.25) is 14.5 Å². The van der Waals surface area contributed by atoms with E-state index in [9.17, 15) is 23.5 Å². The van der Waals surface area contributed by atoms with Gasteiger partial charge in [0.2, 0.25) is 0 Å². The normalized spacial score (nSPS) is 17.8. The maximum atomic E-state index is 13.9. The first-order valence-electron chi connectivity index (χ1n) is 9.39. The number of carbonyl (C=O) groups is 2.